The Morgan fingerprint density at radius 2 is 1.83 bits per heavy atom. The number of aryl methyl sites for hydroxylation is 1. The predicted octanol–water partition coefficient (Wildman–Crippen LogP) is 4.39. The Morgan fingerprint density at radius 1 is 1.17 bits per heavy atom. The highest BCUT2D eigenvalue weighted by Crippen LogP contribution is 2.32. The minimum Gasteiger partial charge on any atom is -0.350 e. The number of hydrogen-bond acceptors (Lipinski definition) is 4. The number of hydrogen-bond donors (Lipinski definition) is 1. The molecule has 1 fully saturated rings. The first-order valence-electron chi connectivity index (χ1n) is 8.51. The Kier molecular flexibility index (Phi) is 6.34. The van der Waals surface area contributed by atoms with Crippen molar-refractivity contribution in [2.45, 2.75) is 6.92 Å². The van der Waals surface area contributed by atoms with Crippen LogP contribution in [-0.4, -0.2) is 35.0 Å². The molecular formula is C20H15ClF2N2O3S. The summed E-state index contributed by atoms with van der Waals surface area (Å²) in [7, 11) is 0. The summed E-state index contributed by atoms with van der Waals surface area (Å²) < 4.78 is 26.4. The predicted molar refractivity (Wildman–Crippen MR) is 108 cm³/mol. The maximum atomic E-state index is 13.3. The lowest BCUT2D eigenvalue weighted by Crippen LogP contribution is -2.37. The molecule has 3 amide bonds. The third-order valence-corrected chi connectivity index (χ3v) is 5.34. The third kappa shape index (κ3) is 4.83. The number of halogens is 3. The molecule has 0 atom stereocenters. The van der Waals surface area contributed by atoms with Gasteiger partial charge < -0.3 is 5.32 Å². The highest BCUT2D eigenvalue weighted by Gasteiger charge is 2.34. The molecule has 1 aliphatic heterocycles. The van der Waals surface area contributed by atoms with Crippen LogP contribution in [0.1, 0.15) is 21.5 Å². The number of carbonyl (C=O) groups excluding carboxylic acids is 3. The second-order valence-corrected chi connectivity index (χ2v) is 7.65. The molecule has 1 aliphatic rings. The van der Waals surface area contributed by atoms with E-state index in [4.69, 9.17) is 11.6 Å². The number of benzene rings is 2. The number of imide groups is 1. The number of carbonyl (C=O) groups is 3. The largest absolute Gasteiger partial charge is 0.350 e. The summed E-state index contributed by atoms with van der Waals surface area (Å²) in [4.78, 5) is 38.0. The van der Waals surface area contributed by atoms with Crippen LogP contribution >= 0.6 is 23.4 Å². The van der Waals surface area contributed by atoms with Crippen LogP contribution in [0.5, 0.6) is 0 Å². The average molecular weight is 437 g/mol. The lowest BCUT2D eigenvalue weighted by atomic mass is 10.1. The van der Waals surface area contributed by atoms with Crippen LogP contribution in [0, 0.1) is 18.6 Å². The number of thioether (sulfide) groups is 1. The number of nitrogens with zero attached hydrogens (tertiary/aromatic N) is 1. The first-order chi connectivity index (χ1) is 13.8. The zero-order valence-electron chi connectivity index (χ0n) is 15.2. The van der Waals surface area contributed by atoms with Crippen molar-refractivity contribution in [3.8, 4) is 0 Å². The van der Waals surface area contributed by atoms with Gasteiger partial charge in [-0.05, 0) is 42.5 Å². The first-order valence-corrected chi connectivity index (χ1v) is 9.70. The highest BCUT2D eigenvalue weighted by molar-refractivity contribution is 8.18. The van der Waals surface area contributed by atoms with Crippen LogP contribution in [0.4, 0.5) is 13.6 Å². The molecule has 1 saturated heterocycles. The summed E-state index contributed by atoms with van der Waals surface area (Å²) in [5, 5.41) is 1.75. The molecule has 9 heteroatoms. The second-order valence-electron chi connectivity index (χ2n) is 6.25. The van der Waals surface area contributed by atoms with E-state index in [0.717, 1.165) is 27.8 Å². The van der Waals surface area contributed by atoms with Crippen molar-refractivity contribution in [3.63, 3.8) is 0 Å². The Morgan fingerprint density at radius 3 is 2.52 bits per heavy atom. The standard InChI is InChI=1S/C20H15ClF2N2O3S/c1-11-2-4-12(5-3-11)8-17-19(27)25(20(28)29-17)7-6-24-18(26)13-9-15(22)16(23)10-14(13)21/h2-5,8-10H,6-7H2,1H3,(H,24,26). The van der Waals surface area contributed by atoms with Crippen molar-refractivity contribution in [1.82, 2.24) is 10.2 Å². The fraction of sp³-hybridized carbons (Fsp3) is 0.150. The smallest absolute Gasteiger partial charge is 0.293 e. The Bertz CT molecular complexity index is 1030. The molecule has 5 nitrogen and oxygen atoms in total. The molecule has 2 aromatic carbocycles. The summed E-state index contributed by atoms with van der Waals surface area (Å²) >= 11 is 6.57. The fourth-order valence-corrected chi connectivity index (χ4v) is 3.68. The molecular weight excluding hydrogens is 422 g/mol. The molecule has 0 bridgehead atoms. The van der Waals surface area contributed by atoms with Gasteiger partial charge in [0.05, 0.1) is 15.5 Å². The molecule has 29 heavy (non-hydrogen) atoms. The molecule has 1 N–H and O–H groups in total. The van der Waals surface area contributed by atoms with Crippen LogP contribution in [0.15, 0.2) is 41.3 Å². The molecule has 0 aromatic heterocycles. The molecule has 0 aliphatic carbocycles. The van der Waals surface area contributed by atoms with Crippen molar-refractivity contribution in [2.24, 2.45) is 0 Å². The van der Waals surface area contributed by atoms with Crippen molar-refractivity contribution in [3.05, 3.63) is 74.7 Å². The van der Waals surface area contributed by atoms with Gasteiger partial charge in [-0.15, -0.1) is 0 Å². The van der Waals surface area contributed by atoms with Crippen molar-refractivity contribution in [1.29, 1.82) is 0 Å². The molecule has 0 unspecified atom stereocenters. The van der Waals surface area contributed by atoms with Crippen LogP contribution in [-0.2, 0) is 4.79 Å². The van der Waals surface area contributed by atoms with Crippen molar-refractivity contribution < 1.29 is 23.2 Å². The van der Waals surface area contributed by atoms with E-state index in [9.17, 15) is 23.2 Å². The normalized spacial score (nSPS) is 15.3. The van der Waals surface area contributed by atoms with E-state index in [1.807, 2.05) is 31.2 Å². The SMILES string of the molecule is Cc1ccc(C=C2SC(=O)N(CCNC(=O)c3cc(F)c(F)cc3Cl)C2=O)cc1. The van der Waals surface area contributed by atoms with E-state index in [-0.39, 0.29) is 28.6 Å². The maximum Gasteiger partial charge on any atom is 0.293 e. The van der Waals surface area contributed by atoms with Crippen LogP contribution < -0.4 is 5.32 Å². The van der Waals surface area contributed by atoms with Gasteiger partial charge in [-0.1, -0.05) is 41.4 Å². The van der Waals surface area contributed by atoms with Gasteiger partial charge in [-0.3, -0.25) is 19.3 Å². The zero-order chi connectivity index (χ0) is 21.1. The Labute approximate surface area is 174 Å². The van der Waals surface area contributed by atoms with E-state index in [0.29, 0.717) is 12.1 Å². The van der Waals surface area contributed by atoms with E-state index in [2.05, 4.69) is 5.32 Å². The fourth-order valence-electron chi connectivity index (χ4n) is 2.58. The van der Waals surface area contributed by atoms with E-state index in [1.54, 1.807) is 6.08 Å². The number of rotatable bonds is 5. The average Bonchev–Trinajstić information content (AvgIpc) is 2.93. The molecule has 150 valence electrons. The zero-order valence-corrected chi connectivity index (χ0v) is 16.7. The molecule has 3 rings (SSSR count). The lowest BCUT2D eigenvalue weighted by Gasteiger charge is -2.13. The van der Waals surface area contributed by atoms with E-state index >= 15 is 0 Å². The van der Waals surface area contributed by atoms with Gasteiger partial charge in [0.25, 0.3) is 17.1 Å². The quantitative estimate of drug-likeness (QED) is 0.557. The molecule has 2 aromatic rings. The summed E-state index contributed by atoms with van der Waals surface area (Å²) in [6.45, 7) is 1.81. The monoisotopic (exact) mass is 436 g/mol. The summed E-state index contributed by atoms with van der Waals surface area (Å²) in [6, 6.07) is 8.88. The summed E-state index contributed by atoms with van der Waals surface area (Å²) in [6.07, 6.45) is 1.63. The van der Waals surface area contributed by atoms with Gasteiger partial charge in [0.15, 0.2) is 11.6 Å². The molecule has 0 spiro atoms. The van der Waals surface area contributed by atoms with Crippen LogP contribution in [0.3, 0.4) is 0 Å². The minimum absolute atomic E-state index is 0.0655. The third-order valence-electron chi connectivity index (χ3n) is 4.12. The van der Waals surface area contributed by atoms with Gasteiger partial charge in [0.1, 0.15) is 0 Å². The van der Waals surface area contributed by atoms with Gasteiger partial charge in [0.2, 0.25) is 0 Å². The Balaban J connectivity index is 1.61. The van der Waals surface area contributed by atoms with Crippen LogP contribution in [0.2, 0.25) is 5.02 Å². The lowest BCUT2D eigenvalue weighted by molar-refractivity contribution is -0.122. The summed E-state index contributed by atoms with van der Waals surface area (Å²) in [5.74, 6) is -3.56. The maximum absolute atomic E-state index is 13.3. The topological polar surface area (TPSA) is 66.5 Å². The van der Waals surface area contributed by atoms with E-state index < -0.39 is 28.7 Å². The molecule has 0 saturated carbocycles. The first kappa shape index (κ1) is 21.0. The van der Waals surface area contributed by atoms with Crippen LogP contribution in [0.25, 0.3) is 6.08 Å². The van der Waals surface area contributed by atoms with Crippen molar-refractivity contribution >= 4 is 46.5 Å². The van der Waals surface area contributed by atoms with Gasteiger partial charge in [-0.2, -0.15) is 0 Å². The van der Waals surface area contributed by atoms with Gasteiger partial charge in [-0.25, -0.2) is 8.78 Å². The van der Waals surface area contributed by atoms with E-state index in [1.165, 1.54) is 0 Å². The van der Waals surface area contributed by atoms with Crippen molar-refractivity contribution in [2.75, 3.05) is 13.1 Å². The van der Waals surface area contributed by atoms with Gasteiger partial charge in [0, 0.05) is 13.1 Å². The molecule has 1 heterocycles. The number of amides is 3. The van der Waals surface area contributed by atoms with Gasteiger partial charge >= 0.3 is 0 Å². The number of nitrogens with one attached hydrogen (secondary N) is 1. The second kappa shape index (κ2) is 8.75. The summed E-state index contributed by atoms with van der Waals surface area (Å²) in [5.41, 5.74) is 1.63. The highest BCUT2D eigenvalue weighted by atomic mass is 35.5. The Hall–Kier alpha value is -2.71. The minimum atomic E-state index is -1.20. The molecule has 0 radical (unpaired) electrons.